The normalized spacial score (nSPS) is 10.7. The van der Waals surface area contributed by atoms with Gasteiger partial charge in [-0.2, -0.15) is 0 Å². The van der Waals surface area contributed by atoms with Crippen molar-refractivity contribution in [1.82, 2.24) is 0 Å². The smallest absolute Gasteiger partial charge is 0.0916 e. The van der Waals surface area contributed by atoms with Gasteiger partial charge in [0.25, 0.3) is 0 Å². The third-order valence-corrected chi connectivity index (χ3v) is 1.21. The highest BCUT2D eigenvalue weighted by atomic mass is 32.2. The lowest BCUT2D eigenvalue weighted by Crippen LogP contribution is -1.88. The summed E-state index contributed by atoms with van der Waals surface area (Å²) in [6, 6.07) is 0. The van der Waals surface area contributed by atoms with E-state index in [-0.39, 0.29) is 0 Å². The van der Waals surface area contributed by atoms with Crippen LogP contribution in [0.2, 0.25) is 0 Å². The topological polar surface area (TPSA) is 114 Å². The van der Waals surface area contributed by atoms with Crippen molar-refractivity contribution in [3.63, 3.8) is 0 Å². The van der Waals surface area contributed by atoms with Crippen LogP contribution >= 0.6 is 0 Å². The van der Waals surface area contributed by atoms with Crippen molar-refractivity contribution in [2.45, 2.75) is 46.0 Å². The molecule has 0 N–H and O–H groups in total. The van der Waals surface area contributed by atoms with Gasteiger partial charge in [0.15, 0.2) is 0 Å². The van der Waals surface area contributed by atoms with E-state index in [0.717, 1.165) is 0 Å². The van der Waals surface area contributed by atoms with Crippen molar-refractivity contribution in [3.8, 4) is 0 Å². The third-order valence-electron chi connectivity index (χ3n) is 1.21. The fraction of sp³-hybridized carbons (Fsp3) is 1.00. The zero-order valence-corrected chi connectivity index (χ0v) is 12.4. The van der Waals surface area contributed by atoms with Gasteiger partial charge in [-0.15, -0.1) is 0 Å². The molecule has 108 valence electrons. The molecule has 0 aliphatic rings. The summed E-state index contributed by atoms with van der Waals surface area (Å²) in [6.07, 6.45) is 8.22. The summed E-state index contributed by atoms with van der Waals surface area (Å²) in [5.41, 5.74) is 0. The largest absolute Gasteiger partial charge is 0.748 e. The fourth-order valence-electron chi connectivity index (χ4n) is 0.677. The van der Waals surface area contributed by atoms with E-state index in [9.17, 15) is 0 Å². The van der Waals surface area contributed by atoms with Gasteiger partial charge in [-0.05, 0) is 0 Å². The summed E-state index contributed by atoms with van der Waals surface area (Å²) in [7, 11) is -7.83. The summed E-state index contributed by atoms with van der Waals surface area (Å²) in [4.78, 5) is 0. The Morgan fingerprint density at radius 1 is 0.706 bits per heavy atom. The average molecular weight is 290 g/mol. The molecule has 0 rings (SSSR count). The lowest BCUT2D eigenvalue weighted by Gasteiger charge is -1.90. The quantitative estimate of drug-likeness (QED) is 0.569. The van der Waals surface area contributed by atoms with Crippen molar-refractivity contribution in [1.29, 1.82) is 0 Å². The molecule has 0 heterocycles. The molecule has 6 nitrogen and oxygen atoms in total. The molecule has 0 aromatic heterocycles. The molecule has 0 atom stereocenters. The maximum Gasteiger partial charge on any atom is 0.0916 e. The SMILES string of the molecule is CCCCCCC.CS(=O)(=O)[O-].CS(=O)(=O)[O-]. The highest BCUT2D eigenvalue weighted by Gasteiger charge is 1.80. The average Bonchev–Trinajstić information content (AvgIpc) is 1.99. The van der Waals surface area contributed by atoms with Crippen LogP contribution in [0.25, 0.3) is 0 Å². The van der Waals surface area contributed by atoms with Gasteiger partial charge in [0.1, 0.15) is 0 Å². The third kappa shape index (κ3) is 207. The van der Waals surface area contributed by atoms with Crippen molar-refractivity contribution in [2.75, 3.05) is 12.5 Å². The summed E-state index contributed by atoms with van der Waals surface area (Å²) >= 11 is 0. The molecule has 0 aromatic rings. The van der Waals surface area contributed by atoms with Gasteiger partial charge in [0, 0.05) is 12.5 Å². The first-order valence-electron chi connectivity index (χ1n) is 5.23. The summed E-state index contributed by atoms with van der Waals surface area (Å²) in [5.74, 6) is 0. The van der Waals surface area contributed by atoms with Crippen molar-refractivity contribution < 1.29 is 25.9 Å². The molecular weight excluding hydrogens is 268 g/mol. The number of hydrogen-bond acceptors (Lipinski definition) is 6. The molecule has 0 radical (unpaired) electrons. The molecule has 17 heavy (non-hydrogen) atoms. The molecule has 0 amide bonds. The minimum atomic E-state index is -3.92. The van der Waals surface area contributed by atoms with Gasteiger partial charge in [0.05, 0.1) is 20.2 Å². The Kier molecular flexibility index (Phi) is 15.9. The zero-order valence-electron chi connectivity index (χ0n) is 10.8. The second kappa shape index (κ2) is 12.3. The van der Waals surface area contributed by atoms with Gasteiger partial charge in [-0.1, -0.05) is 46.0 Å². The Labute approximate surface area is 105 Å². The maximum atomic E-state index is 9.08. The first-order chi connectivity index (χ1) is 7.41. The monoisotopic (exact) mass is 290 g/mol. The van der Waals surface area contributed by atoms with Crippen LogP contribution in [-0.4, -0.2) is 38.5 Å². The van der Waals surface area contributed by atoms with Crippen LogP contribution in [-0.2, 0) is 20.2 Å². The van der Waals surface area contributed by atoms with Gasteiger partial charge in [-0.25, -0.2) is 16.8 Å². The molecule has 0 saturated carbocycles. The van der Waals surface area contributed by atoms with Gasteiger partial charge < -0.3 is 9.11 Å². The zero-order chi connectivity index (χ0) is 14.5. The lowest BCUT2D eigenvalue weighted by atomic mass is 10.2. The Hall–Kier alpha value is -0.180. The maximum absolute atomic E-state index is 9.08. The summed E-state index contributed by atoms with van der Waals surface area (Å²) in [6.45, 7) is 4.49. The molecule has 0 aromatic carbocycles. The van der Waals surface area contributed by atoms with Gasteiger partial charge in [0.2, 0.25) is 0 Å². The van der Waals surface area contributed by atoms with E-state index in [4.69, 9.17) is 25.9 Å². The number of hydrogen-bond donors (Lipinski definition) is 0. The standard InChI is InChI=1S/C7H16.2CH4O3S/c1-3-5-7-6-4-2;2*1-5(2,3)4/h3-7H2,1-2H3;2*1H3,(H,2,3,4)/p-2. The molecule has 0 fully saturated rings. The first-order valence-corrected chi connectivity index (χ1v) is 8.86. The Balaban J connectivity index is -0.000000177. The Morgan fingerprint density at radius 3 is 1.00 bits per heavy atom. The minimum Gasteiger partial charge on any atom is -0.748 e. The minimum absolute atomic E-state index is 0.604. The van der Waals surface area contributed by atoms with Crippen LogP contribution in [0.3, 0.4) is 0 Å². The van der Waals surface area contributed by atoms with E-state index in [2.05, 4.69) is 13.8 Å². The van der Waals surface area contributed by atoms with Gasteiger partial charge in [-0.3, -0.25) is 0 Å². The van der Waals surface area contributed by atoms with Crippen LogP contribution in [0.15, 0.2) is 0 Å². The first kappa shape index (κ1) is 22.0. The van der Waals surface area contributed by atoms with E-state index >= 15 is 0 Å². The van der Waals surface area contributed by atoms with Crippen molar-refractivity contribution in [3.05, 3.63) is 0 Å². The number of rotatable bonds is 4. The molecular formula is C9H22O6S2-2. The van der Waals surface area contributed by atoms with Crippen LogP contribution in [0.1, 0.15) is 46.0 Å². The predicted octanol–water partition coefficient (Wildman–Crippen LogP) is 1.30. The highest BCUT2D eigenvalue weighted by Crippen LogP contribution is 2.00. The Bertz CT molecular complexity index is 280. The van der Waals surface area contributed by atoms with E-state index in [1.807, 2.05) is 0 Å². The molecule has 0 spiro atoms. The van der Waals surface area contributed by atoms with Crippen molar-refractivity contribution >= 4 is 20.2 Å². The molecule has 0 aliphatic carbocycles. The molecule has 0 unspecified atom stereocenters. The highest BCUT2D eigenvalue weighted by molar-refractivity contribution is 7.85. The Morgan fingerprint density at radius 2 is 0.882 bits per heavy atom. The van der Waals surface area contributed by atoms with E-state index < -0.39 is 20.2 Å². The lowest BCUT2D eigenvalue weighted by molar-refractivity contribution is 0.468. The van der Waals surface area contributed by atoms with E-state index in [1.54, 1.807) is 0 Å². The van der Waals surface area contributed by atoms with E-state index in [0.29, 0.717) is 12.5 Å². The van der Waals surface area contributed by atoms with Crippen LogP contribution < -0.4 is 0 Å². The fourth-order valence-corrected chi connectivity index (χ4v) is 0.677. The number of unbranched alkanes of at least 4 members (excludes halogenated alkanes) is 4. The molecule has 0 saturated heterocycles. The second-order valence-electron chi connectivity index (χ2n) is 3.47. The van der Waals surface area contributed by atoms with Crippen LogP contribution in [0, 0.1) is 0 Å². The summed E-state index contributed by atoms with van der Waals surface area (Å²) < 4.78 is 54.5. The van der Waals surface area contributed by atoms with E-state index in [1.165, 1.54) is 32.1 Å². The van der Waals surface area contributed by atoms with Crippen molar-refractivity contribution in [2.24, 2.45) is 0 Å². The predicted molar refractivity (Wildman–Crippen MR) is 65.7 cm³/mol. The molecule has 0 bridgehead atoms. The van der Waals surface area contributed by atoms with Gasteiger partial charge >= 0.3 is 0 Å². The second-order valence-corrected chi connectivity index (χ2v) is 6.29. The molecule has 8 heteroatoms. The van der Waals surface area contributed by atoms with Crippen LogP contribution in [0.4, 0.5) is 0 Å². The summed E-state index contributed by atoms with van der Waals surface area (Å²) in [5, 5.41) is 0. The molecule has 0 aliphatic heterocycles. The van der Waals surface area contributed by atoms with Crippen LogP contribution in [0.5, 0.6) is 0 Å².